The van der Waals surface area contributed by atoms with Crippen LogP contribution >= 0.6 is 0 Å². The molecule has 1 amide bonds. The Balaban J connectivity index is 1.85. The van der Waals surface area contributed by atoms with Crippen molar-refractivity contribution in [3.63, 3.8) is 0 Å². The Morgan fingerprint density at radius 1 is 1.34 bits per heavy atom. The van der Waals surface area contributed by atoms with Gasteiger partial charge < -0.3 is 10.1 Å². The summed E-state index contributed by atoms with van der Waals surface area (Å²) in [7, 11) is -1.49. The summed E-state index contributed by atoms with van der Waals surface area (Å²) >= 11 is 0. The number of carbonyl (C=O) groups is 1. The third-order valence-electron chi connectivity index (χ3n) is 4.94. The molecule has 0 aliphatic carbocycles. The lowest BCUT2D eigenvalue weighted by Gasteiger charge is -2.11. The minimum Gasteiger partial charge on any atom is -0.497 e. The van der Waals surface area contributed by atoms with Gasteiger partial charge in [0.2, 0.25) is 0 Å². The van der Waals surface area contributed by atoms with Crippen molar-refractivity contribution in [1.82, 2.24) is 9.78 Å². The van der Waals surface area contributed by atoms with Gasteiger partial charge in [0, 0.05) is 16.9 Å². The van der Waals surface area contributed by atoms with Gasteiger partial charge in [0.15, 0.2) is 9.84 Å². The average Bonchev–Trinajstić information content (AvgIpc) is 3.19. The highest BCUT2D eigenvalue weighted by atomic mass is 32.2. The minimum atomic E-state index is -3.05. The van der Waals surface area contributed by atoms with Gasteiger partial charge in [0.25, 0.3) is 5.91 Å². The molecule has 0 bridgehead atoms. The summed E-state index contributed by atoms with van der Waals surface area (Å²) in [5.41, 5.74) is 2.49. The fourth-order valence-corrected chi connectivity index (χ4v) is 5.07. The van der Waals surface area contributed by atoms with Crippen LogP contribution in [-0.4, -0.2) is 42.7 Å². The first-order chi connectivity index (χ1) is 13.7. The lowest BCUT2D eigenvalue weighted by atomic mass is 10.1. The molecule has 8 nitrogen and oxygen atoms in total. The number of rotatable bonds is 5. The Morgan fingerprint density at radius 2 is 2.03 bits per heavy atom. The van der Waals surface area contributed by atoms with Crippen molar-refractivity contribution in [2.45, 2.75) is 26.3 Å². The molecule has 1 aromatic heterocycles. The van der Waals surface area contributed by atoms with E-state index < -0.39 is 15.7 Å². The normalized spacial score (nSPS) is 18.3. The molecule has 1 atom stereocenters. The lowest BCUT2D eigenvalue weighted by Crippen LogP contribution is -2.14. The van der Waals surface area contributed by atoms with Crippen molar-refractivity contribution in [2.24, 2.45) is 0 Å². The van der Waals surface area contributed by atoms with Crippen LogP contribution in [0.5, 0.6) is 5.75 Å². The molecule has 1 aliphatic heterocycles. The van der Waals surface area contributed by atoms with Gasteiger partial charge in [-0.05, 0) is 50.6 Å². The molecule has 1 aliphatic rings. The van der Waals surface area contributed by atoms with Crippen LogP contribution in [0.2, 0.25) is 0 Å². The van der Waals surface area contributed by atoms with Crippen LogP contribution in [0.15, 0.2) is 29.8 Å². The Kier molecular flexibility index (Phi) is 5.75. The number of sulfone groups is 1. The smallest absolute Gasteiger partial charge is 0.266 e. The van der Waals surface area contributed by atoms with Crippen LogP contribution < -0.4 is 10.1 Å². The van der Waals surface area contributed by atoms with E-state index >= 15 is 0 Å². The number of aryl methyl sites for hydroxylation is 1. The Bertz CT molecular complexity index is 1110. The Morgan fingerprint density at radius 3 is 2.59 bits per heavy atom. The molecule has 1 aromatic carbocycles. The summed E-state index contributed by atoms with van der Waals surface area (Å²) < 4.78 is 30.4. The van der Waals surface area contributed by atoms with E-state index in [4.69, 9.17) is 4.74 Å². The summed E-state index contributed by atoms with van der Waals surface area (Å²) in [6.45, 7) is 3.59. The number of methoxy groups -OCH3 is 1. The average molecular weight is 414 g/mol. The molecule has 0 radical (unpaired) electrons. The number of nitrogens with zero attached hydrogens (tertiary/aromatic N) is 3. The maximum atomic E-state index is 12.5. The number of carbonyl (C=O) groups excluding carboxylic acids is 1. The van der Waals surface area contributed by atoms with Crippen LogP contribution in [0.1, 0.15) is 29.4 Å². The molecule has 0 saturated carbocycles. The standard InChI is InChI=1S/C20H22N4O4S/c1-13-19(14(2)24(23-13)17-8-9-29(26,27)12-17)10-15(11-21)20(25)22-16-4-6-18(28-3)7-5-16/h4-7,10,17H,8-9,12H2,1-3H3,(H,22,25)/b15-10+/t17-/m1/s1. The van der Waals surface area contributed by atoms with Crippen LogP contribution in [0.3, 0.4) is 0 Å². The molecule has 2 aromatic rings. The summed E-state index contributed by atoms with van der Waals surface area (Å²) in [5, 5.41) is 16.6. The SMILES string of the molecule is COc1ccc(NC(=O)/C(C#N)=C/c2c(C)nn([C@@H]3CCS(=O)(=O)C3)c2C)cc1. The summed E-state index contributed by atoms with van der Waals surface area (Å²) in [5.74, 6) is 0.329. The molecular formula is C20H22N4O4S. The molecule has 0 unspecified atom stereocenters. The largest absolute Gasteiger partial charge is 0.497 e. The second-order valence-corrected chi connectivity index (χ2v) is 9.17. The number of aromatic nitrogens is 2. The van der Waals surface area contributed by atoms with Gasteiger partial charge in [0.1, 0.15) is 17.4 Å². The zero-order chi connectivity index (χ0) is 21.2. The second-order valence-electron chi connectivity index (χ2n) is 6.94. The summed E-state index contributed by atoms with van der Waals surface area (Å²) in [6.07, 6.45) is 2.01. The van der Waals surface area contributed by atoms with Gasteiger partial charge in [0.05, 0.1) is 30.4 Å². The zero-order valence-corrected chi connectivity index (χ0v) is 17.3. The molecule has 1 fully saturated rings. The summed E-state index contributed by atoms with van der Waals surface area (Å²) in [4.78, 5) is 12.5. The number of ether oxygens (including phenoxy) is 1. The number of amides is 1. The monoisotopic (exact) mass is 414 g/mol. The fourth-order valence-electron chi connectivity index (χ4n) is 3.37. The highest BCUT2D eigenvalue weighted by Crippen LogP contribution is 2.28. The third-order valence-corrected chi connectivity index (χ3v) is 6.69. The third kappa shape index (κ3) is 4.49. The molecule has 0 spiro atoms. The van der Waals surface area contributed by atoms with Crippen LogP contribution in [-0.2, 0) is 14.6 Å². The second kappa shape index (κ2) is 8.09. The Hall–Kier alpha value is -3.12. The van der Waals surface area contributed by atoms with Gasteiger partial charge in [-0.25, -0.2) is 8.42 Å². The van der Waals surface area contributed by atoms with E-state index in [9.17, 15) is 18.5 Å². The first-order valence-electron chi connectivity index (χ1n) is 9.07. The molecule has 1 N–H and O–H groups in total. The molecule has 29 heavy (non-hydrogen) atoms. The maximum absolute atomic E-state index is 12.5. The highest BCUT2D eigenvalue weighted by molar-refractivity contribution is 7.91. The minimum absolute atomic E-state index is 0.0567. The van der Waals surface area contributed by atoms with Crippen molar-refractivity contribution in [1.29, 1.82) is 5.26 Å². The first kappa shape index (κ1) is 20.6. The number of benzene rings is 1. The number of hydrogen-bond acceptors (Lipinski definition) is 6. The van der Waals surface area contributed by atoms with Gasteiger partial charge >= 0.3 is 0 Å². The zero-order valence-electron chi connectivity index (χ0n) is 16.5. The predicted octanol–water partition coefficient (Wildman–Crippen LogP) is 2.41. The van der Waals surface area contributed by atoms with Crippen molar-refractivity contribution in [2.75, 3.05) is 23.9 Å². The quantitative estimate of drug-likeness (QED) is 0.594. The molecule has 9 heteroatoms. The highest BCUT2D eigenvalue weighted by Gasteiger charge is 2.31. The van der Waals surface area contributed by atoms with E-state index in [2.05, 4.69) is 10.4 Å². The van der Waals surface area contributed by atoms with Crippen LogP contribution in [0.25, 0.3) is 6.08 Å². The van der Waals surface area contributed by atoms with Crippen molar-refractivity contribution >= 4 is 27.5 Å². The van der Waals surface area contributed by atoms with Crippen LogP contribution in [0.4, 0.5) is 5.69 Å². The van der Waals surface area contributed by atoms with Crippen LogP contribution in [0, 0.1) is 25.2 Å². The first-order valence-corrected chi connectivity index (χ1v) is 10.9. The van der Waals surface area contributed by atoms with E-state index in [0.717, 1.165) is 5.69 Å². The molecule has 152 valence electrons. The number of hydrogen-bond donors (Lipinski definition) is 1. The van der Waals surface area contributed by atoms with E-state index in [1.165, 1.54) is 6.08 Å². The predicted molar refractivity (Wildman–Crippen MR) is 109 cm³/mol. The van der Waals surface area contributed by atoms with Gasteiger partial charge in [-0.1, -0.05) is 0 Å². The number of anilines is 1. The molecule has 2 heterocycles. The lowest BCUT2D eigenvalue weighted by molar-refractivity contribution is -0.112. The molecular weight excluding hydrogens is 392 g/mol. The van der Waals surface area contributed by atoms with E-state index in [0.29, 0.717) is 29.1 Å². The fraction of sp³-hybridized carbons (Fsp3) is 0.350. The van der Waals surface area contributed by atoms with Gasteiger partial charge in [-0.15, -0.1) is 0 Å². The van der Waals surface area contributed by atoms with Crippen molar-refractivity contribution in [3.05, 3.63) is 46.8 Å². The number of nitriles is 1. The van der Waals surface area contributed by atoms with E-state index in [-0.39, 0.29) is 23.1 Å². The topological polar surface area (TPSA) is 114 Å². The van der Waals surface area contributed by atoms with E-state index in [1.807, 2.05) is 13.0 Å². The number of nitrogens with one attached hydrogen (secondary N) is 1. The Labute approximate surface area is 169 Å². The molecule has 3 rings (SSSR count). The van der Waals surface area contributed by atoms with Gasteiger partial charge in [-0.2, -0.15) is 10.4 Å². The maximum Gasteiger partial charge on any atom is 0.266 e. The van der Waals surface area contributed by atoms with Crippen molar-refractivity contribution in [3.8, 4) is 11.8 Å². The van der Waals surface area contributed by atoms with Gasteiger partial charge in [-0.3, -0.25) is 9.48 Å². The molecule has 1 saturated heterocycles. The van der Waals surface area contributed by atoms with Crippen molar-refractivity contribution < 1.29 is 17.9 Å². The summed E-state index contributed by atoms with van der Waals surface area (Å²) in [6, 6.07) is 8.49. The van der Waals surface area contributed by atoms with E-state index in [1.54, 1.807) is 43.0 Å².